The number of ether oxygens (including phenoxy) is 1. The van der Waals surface area contributed by atoms with Gasteiger partial charge in [-0.05, 0) is 26.0 Å². The fraction of sp³-hybridized carbons (Fsp3) is 0.412. The van der Waals surface area contributed by atoms with Crippen molar-refractivity contribution in [1.29, 1.82) is 0 Å². The molecule has 25 heavy (non-hydrogen) atoms. The molecule has 3 rings (SSSR count). The van der Waals surface area contributed by atoms with Crippen LogP contribution < -0.4 is 5.32 Å². The van der Waals surface area contributed by atoms with Crippen molar-refractivity contribution in [3.8, 4) is 0 Å². The molecule has 0 spiro atoms. The van der Waals surface area contributed by atoms with Gasteiger partial charge in [-0.2, -0.15) is 0 Å². The number of halogens is 2. The summed E-state index contributed by atoms with van der Waals surface area (Å²) in [5, 5.41) is 4.85. The topological polar surface area (TPSA) is 54.5 Å². The highest BCUT2D eigenvalue weighted by molar-refractivity contribution is 7.13. The highest BCUT2D eigenvalue weighted by Gasteiger charge is 2.23. The third-order valence-corrected chi connectivity index (χ3v) is 4.58. The number of morpholine rings is 1. The van der Waals surface area contributed by atoms with E-state index >= 15 is 0 Å². The van der Waals surface area contributed by atoms with E-state index in [0.29, 0.717) is 11.7 Å². The van der Waals surface area contributed by atoms with Crippen molar-refractivity contribution in [2.24, 2.45) is 0 Å². The summed E-state index contributed by atoms with van der Waals surface area (Å²) in [4.78, 5) is 18.7. The van der Waals surface area contributed by atoms with Crippen LogP contribution in [0.15, 0.2) is 23.6 Å². The van der Waals surface area contributed by atoms with Crippen LogP contribution in [0.3, 0.4) is 0 Å². The van der Waals surface area contributed by atoms with Gasteiger partial charge in [0.15, 0.2) is 5.13 Å². The van der Waals surface area contributed by atoms with Crippen LogP contribution in [0.4, 0.5) is 13.9 Å². The zero-order valence-electron chi connectivity index (χ0n) is 14.0. The lowest BCUT2D eigenvalue weighted by Crippen LogP contribution is -2.44. The number of carbonyl (C=O) groups is 1. The summed E-state index contributed by atoms with van der Waals surface area (Å²) < 4.78 is 32.1. The molecule has 1 aromatic carbocycles. The average molecular weight is 367 g/mol. The lowest BCUT2D eigenvalue weighted by Gasteiger charge is -2.34. The Labute approximate surface area is 148 Å². The molecular weight excluding hydrogens is 348 g/mol. The molecule has 0 bridgehead atoms. The molecule has 1 aliphatic heterocycles. The second-order valence-corrected chi connectivity index (χ2v) is 7.07. The number of amides is 1. The molecule has 1 fully saturated rings. The fourth-order valence-corrected chi connectivity index (χ4v) is 3.63. The number of aromatic nitrogens is 1. The van der Waals surface area contributed by atoms with Crippen molar-refractivity contribution in [3.63, 3.8) is 0 Å². The predicted octanol–water partition coefficient (Wildman–Crippen LogP) is 3.28. The molecule has 1 saturated heterocycles. The van der Waals surface area contributed by atoms with Crippen LogP contribution in [-0.4, -0.2) is 41.1 Å². The molecule has 0 aliphatic carbocycles. The van der Waals surface area contributed by atoms with Crippen molar-refractivity contribution < 1.29 is 18.3 Å². The highest BCUT2D eigenvalue weighted by Crippen LogP contribution is 2.20. The number of benzene rings is 1. The first-order valence-corrected chi connectivity index (χ1v) is 8.86. The first-order valence-electron chi connectivity index (χ1n) is 7.98. The maximum absolute atomic E-state index is 13.2. The Morgan fingerprint density at radius 2 is 1.92 bits per heavy atom. The Hall–Kier alpha value is -1.90. The van der Waals surface area contributed by atoms with E-state index in [0.717, 1.165) is 37.0 Å². The molecule has 2 heterocycles. The summed E-state index contributed by atoms with van der Waals surface area (Å²) in [6.45, 7) is 6.39. The number of rotatable bonds is 4. The molecule has 0 radical (unpaired) electrons. The molecule has 2 atom stereocenters. The highest BCUT2D eigenvalue weighted by atomic mass is 32.1. The Balaban J connectivity index is 1.62. The maximum atomic E-state index is 13.2. The predicted molar refractivity (Wildman–Crippen MR) is 91.7 cm³/mol. The van der Waals surface area contributed by atoms with Crippen LogP contribution in [-0.2, 0) is 11.3 Å². The van der Waals surface area contributed by atoms with Crippen LogP contribution in [0.25, 0.3) is 0 Å². The summed E-state index contributed by atoms with van der Waals surface area (Å²) in [5.74, 6) is -2.17. The van der Waals surface area contributed by atoms with Gasteiger partial charge in [0.2, 0.25) is 0 Å². The first-order chi connectivity index (χ1) is 11.9. The molecule has 1 aromatic heterocycles. The number of nitrogens with zero attached hydrogens (tertiary/aromatic N) is 2. The average Bonchev–Trinajstić information content (AvgIpc) is 2.92. The van der Waals surface area contributed by atoms with Gasteiger partial charge in [0.25, 0.3) is 5.91 Å². The van der Waals surface area contributed by atoms with Crippen LogP contribution in [0.1, 0.15) is 29.9 Å². The smallest absolute Gasteiger partial charge is 0.257 e. The van der Waals surface area contributed by atoms with E-state index in [4.69, 9.17) is 4.74 Å². The van der Waals surface area contributed by atoms with Crippen molar-refractivity contribution in [3.05, 3.63) is 46.5 Å². The molecule has 1 aliphatic rings. The molecule has 2 aromatic rings. The SMILES string of the molecule is C[C@@H]1CN(Cc2csc(NC(=O)c3cc(F)cc(F)c3)n2)C[C@H](C)O1. The van der Waals surface area contributed by atoms with Gasteiger partial charge in [-0.15, -0.1) is 11.3 Å². The minimum absolute atomic E-state index is 0.0786. The second kappa shape index (κ2) is 7.55. The molecule has 0 unspecified atom stereocenters. The van der Waals surface area contributed by atoms with Gasteiger partial charge >= 0.3 is 0 Å². The van der Waals surface area contributed by atoms with E-state index in [-0.39, 0.29) is 17.8 Å². The third kappa shape index (κ3) is 4.81. The number of hydrogen-bond donors (Lipinski definition) is 1. The zero-order valence-corrected chi connectivity index (χ0v) is 14.8. The number of hydrogen-bond acceptors (Lipinski definition) is 5. The molecular formula is C17H19F2N3O2S. The fourth-order valence-electron chi connectivity index (χ4n) is 2.93. The van der Waals surface area contributed by atoms with Gasteiger partial charge in [0.05, 0.1) is 17.9 Å². The van der Waals surface area contributed by atoms with Crippen molar-refractivity contribution in [1.82, 2.24) is 9.88 Å². The summed E-state index contributed by atoms with van der Waals surface area (Å²) in [7, 11) is 0. The molecule has 134 valence electrons. The van der Waals surface area contributed by atoms with Crippen molar-refractivity contribution >= 4 is 22.4 Å². The Kier molecular flexibility index (Phi) is 5.41. The van der Waals surface area contributed by atoms with E-state index in [9.17, 15) is 13.6 Å². The maximum Gasteiger partial charge on any atom is 0.257 e. The summed E-state index contributed by atoms with van der Waals surface area (Å²) >= 11 is 1.28. The minimum atomic E-state index is -0.791. The first kappa shape index (κ1) is 17.9. The number of nitrogens with one attached hydrogen (secondary N) is 1. The lowest BCUT2D eigenvalue weighted by atomic mass is 10.2. The largest absolute Gasteiger partial charge is 0.373 e. The summed E-state index contributed by atoms with van der Waals surface area (Å²) in [5.41, 5.74) is 0.761. The number of anilines is 1. The Morgan fingerprint density at radius 3 is 2.56 bits per heavy atom. The molecule has 1 N–H and O–H groups in total. The quantitative estimate of drug-likeness (QED) is 0.901. The third-order valence-electron chi connectivity index (χ3n) is 3.78. The lowest BCUT2D eigenvalue weighted by molar-refractivity contribution is -0.0707. The molecule has 5 nitrogen and oxygen atoms in total. The van der Waals surface area contributed by atoms with Gasteiger partial charge < -0.3 is 4.74 Å². The number of carbonyl (C=O) groups excluding carboxylic acids is 1. The van der Waals surface area contributed by atoms with E-state index in [1.165, 1.54) is 11.3 Å². The Bertz CT molecular complexity index is 738. The monoisotopic (exact) mass is 367 g/mol. The van der Waals surface area contributed by atoms with Gasteiger partial charge in [0.1, 0.15) is 11.6 Å². The molecule has 8 heteroatoms. The van der Waals surface area contributed by atoms with Crippen LogP contribution >= 0.6 is 11.3 Å². The normalized spacial score (nSPS) is 21.3. The number of thiazole rings is 1. The van der Waals surface area contributed by atoms with E-state index < -0.39 is 17.5 Å². The van der Waals surface area contributed by atoms with Gasteiger partial charge in [0, 0.05) is 36.6 Å². The standard InChI is InChI=1S/C17H19F2N3O2S/c1-10-6-22(7-11(2)24-10)8-15-9-25-17(20-15)21-16(23)12-3-13(18)5-14(19)4-12/h3-5,9-11H,6-8H2,1-2H3,(H,20,21,23)/t10-,11+. The van der Waals surface area contributed by atoms with Gasteiger partial charge in [-0.25, -0.2) is 13.8 Å². The van der Waals surface area contributed by atoms with E-state index in [1.54, 1.807) is 0 Å². The Morgan fingerprint density at radius 1 is 1.28 bits per heavy atom. The van der Waals surface area contributed by atoms with Crippen LogP contribution in [0.2, 0.25) is 0 Å². The van der Waals surface area contributed by atoms with Crippen molar-refractivity contribution in [2.75, 3.05) is 18.4 Å². The van der Waals surface area contributed by atoms with E-state index in [1.807, 2.05) is 19.2 Å². The van der Waals surface area contributed by atoms with E-state index in [2.05, 4.69) is 15.2 Å². The van der Waals surface area contributed by atoms with Crippen molar-refractivity contribution in [2.45, 2.75) is 32.6 Å². The molecule has 1 amide bonds. The molecule has 0 saturated carbocycles. The van der Waals surface area contributed by atoms with Crippen LogP contribution in [0.5, 0.6) is 0 Å². The minimum Gasteiger partial charge on any atom is -0.373 e. The summed E-state index contributed by atoms with van der Waals surface area (Å²) in [6.07, 6.45) is 0.342. The zero-order chi connectivity index (χ0) is 18.0. The summed E-state index contributed by atoms with van der Waals surface area (Å²) in [6, 6.07) is 2.70. The van der Waals surface area contributed by atoms with Crippen LogP contribution in [0, 0.1) is 11.6 Å². The second-order valence-electron chi connectivity index (χ2n) is 6.21. The van der Waals surface area contributed by atoms with Gasteiger partial charge in [-0.1, -0.05) is 0 Å². The van der Waals surface area contributed by atoms with Gasteiger partial charge in [-0.3, -0.25) is 15.0 Å².